The highest BCUT2D eigenvalue weighted by atomic mass is 16.6. The maximum atomic E-state index is 11.8. The molecule has 120 valence electrons. The van der Waals surface area contributed by atoms with E-state index in [-0.39, 0.29) is 12.1 Å². The maximum Gasteiger partial charge on any atom is 0.407 e. The topological polar surface area (TPSA) is 51.2 Å². The first-order valence-corrected chi connectivity index (χ1v) is 7.87. The lowest BCUT2D eigenvalue weighted by Gasteiger charge is -2.26. The molecule has 4 heteroatoms. The molecule has 1 aliphatic rings. The summed E-state index contributed by atoms with van der Waals surface area (Å²) in [6.07, 6.45) is 6.51. The minimum atomic E-state index is -0.453. The van der Waals surface area contributed by atoms with E-state index in [9.17, 15) is 4.79 Å². The van der Waals surface area contributed by atoms with Crippen molar-refractivity contribution in [3.05, 3.63) is 35.2 Å². The average Bonchev–Trinajstić information content (AvgIpc) is 2.41. The van der Waals surface area contributed by atoms with Crippen LogP contribution in [-0.4, -0.2) is 22.7 Å². The molecule has 1 atom stereocenters. The van der Waals surface area contributed by atoms with Gasteiger partial charge in [-0.3, -0.25) is 4.98 Å². The van der Waals surface area contributed by atoms with Crippen LogP contribution in [0.5, 0.6) is 0 Å². The smallest absolute Gasteiger partial charge is 0.407 e. The van der Waals surface area contributed by atoms with Crippen LogP contribution in [0.3, 0.4) is 0 Å². The Morgan fingerprint density at radius 1 is 1.36 bits per heavy atom. The number of alkyl carbamates (subject to hydrolysis) is 1. The van der Waals surface area contributed by atoms with Gasteiger partial charge in [-0.1, -0.05) is 6.08 Å². The van der Waals surface area contributed by atoms with Gasteiger partial charge in [-0.15, -0.1) is 0 Å². The lowest BCUT2D eigenvalue weighted by molar-refractivity contribution is 0.0502. The summed E-state index contributed by atoms with van der Waals surface area (Å²) in [5, 5.41) is 2.96. The van der Waals surface area contributed by atoms with Gasteiger partial charge in [-0.05, 0) is 76.6 Å². The Hall–Kier alpha value is -1.84. The van der Waals surface area contributed by atoms with Gasteiger partial charge in [0.1, 0.15) is 5.60 Å². The van der Waals surface area contributed by atoms with E-state index in [0.717, 1.165) is 25.0 Å². The summed E-state index contributed by atoms with van der Waals surface area (Å²) < 4.78 is 5.31. The van der Waals surface area contributed by atoms with Crippen molar-refractivity contribution < 1.29 is 9.53 Å². The van der Waals surface area contributed by atoms with E-state index < -0.39 is 5.60 Å². The van der Waals surface area contributed by atoms with Gasteiger partial charge in [0.15, 0.2) is 0 Å². The molecule has 2 rings (SSSR count). The molecule has 22 heavy (non-hydrogen) atoms. The standard InChI is InChI=1S/C18H26N2O2/c1-12-13(2)19-11-10-16(12)14-6-8-15(9-7-14)20-17(21)22-18(3,4)5/h6,10-11,15H,7-9H2,1-5H3,(H,20,21). The normalized spacial score (nSPS) is 18.6. The number of allylic oxidation sites excluding steroid dienone is 1. The summed E-state index contributed by atoms with van der Waals surface area (Å²) in [6.45, 7) is 9.78. The predicted molar refractivity (Wildman–Crippen MR) is 88.7 cm³/mol. The summed E-state index contributed by atoms with van der Waals surface area (Å²) in [4.78, 5) is 16.1. The zero-order chi connectivity index (χ0) is 16.3. The molecule has 1 heterocycles. The summed E-state index contributed by atoms with van der Waals surface area (Å²) in [5.41, 5.74) is 4.50. The molecule has 1 aliphatic carbocycles. The number of ether oxygens (including phenoxy) is 1. The fourth-order valence-corrected chi connectivity index (χ4v) is 2.67. The third kappa shape index (κ3) is 4.33. The number of aromatic nitrogens is 1. The van der Waals surface area contributed by atoms with Crippen LogP contribution < -0.4 is 5.32 Å². The molecule has 4 nitrogen and oxygen atoms in total. The average molecular weight is 302 g/mol. The maximum absolute atomic E-state index is 11.8. The van der Waals surface area contributed by atoms with Crippen molar-refractivity contribution in [2.24, 2.45) is 0 Å². The molecule has 0 spiro atoms. The number of hydrogen-bond acceptors (Lipinski definition) is 3. The molecule has 0 aliphatic heterocycles. The Morgan fingerprint density at radius 2 is 2.09 bits per heavy atom. The van der Waals surface area contributed by atoms with E-state index in [1.54, 1.807) is 0 Å². The molecule has 0 saturated carbocycles. The van der Waals surface area contributed by atoms with Crippen LogP contribution in [0.2, 0.25) is 0 Å². The van der Waals surface area contributed by atoms with E-state index in [1.165, 1.54) is 16.7 Å². The highest BCUT2D eigenvalue weighted by Gasteiger charge is 2.22. The van der Waals surface area contributed by atoms with Gasteiger partial charge < -0.3 is 10.1 Å². The van der Waals surface area contributed by atoms with Crippen LogP contribution in [0, 0.1) is 13.8 Å². The number of hydrogen-bond donors (Lipinski definition) is 1. The minimum Gasteiger partial charge on any atom is -0.444 e. The largest absolute Gasteiger partial charge is 0.444 e. The number of pyridine rings is 1. The lowest BCUT2D eigenvalue weighted by atomic mass is 9.89. The molecule has 1 N–H and O–H groups in total. The van der Waals surface area contributed by atoms with E-state index >= 15 is 0 Å². The fourth-order valence-electron chi connectivity index (χ4n) is 2.67. The van der Waals surface area contributed by atoms with Crippen LogP contribution in [0.4, 0.5) is 4.79 Å². The second-order valence-corrected chi connectivity index (χ2v) is 6.92. The van der Waals surface area contributed by atoms with Gasteiger partial charge >= 0.3 is 6.09 Å². The predicted octanol–water partition coefficient (Wildman–Crippen LogP) is 4.16. The molecule has 1 amide bonds. The Kier molecular flexibility index (Phi) is 4.89. The quantitative estimate of drug-likeness (QED) is 0.892. The van der Waals surface area contributed by atoms with Gasteiger partial charge in [0.25, 0.3) is 0 Å². The number of nitrogens with zero attached hydrogens (tertiary/aromatic N) is 1. The number of aryl methyl sites for hydroxylation is 1. The summed E-state index contributed by atoms with van der Waals surface area (Å²) in [6, 6.07) is 2.23. The number of rotatable bonds is 2. The first-order valence-electron chi connectivity index (χ1n) is 7.87. The Bertz CT molecular complexity index is 585. The first kappa shape index (κ1) is 16.5. The number of amides is 1. The second kappa shape index (κ2) is 6.51. The number of carbonyl (C=O) groups excluding carboxylic acids is 1. The van der Waals surface area contributed by atoms with Crippen LogP contribution in [-0.2, 0) is 4.74 Å². The molecular weight excluding hydrogens is 276 g/mol. The van der Waals surface area contributed by atoms with E-state index in [1.807, 2.05) is 33.9 Å². The van der Waals surface area contributed by atoms with E-state index in [2.05, 4.69) is 29.4 Å². The third-order valence-electron chi connectivity index (χ3n) is 3.93. The minimum absolute atomic E-state index is 0.154. The third-order valence-corrected chi connectivity index (χ3v) is 3.93. The van der Waals surface area contributed by atoms with Gasteiger partial charge in [-0.2, -0.15) is 0 Å². The van der Waals surface area contributed by atoms with Gasteiger partial charge in [0.05, 0.1) is 0 Å². The van der Waals surface area contributed by atoms with Crippen LogP contribution >= 0.6 is 0 Å². The summed E-state index contributed by atoms with van der Waals surface area (Å²) in [5.74, 6) is 0. The van der Waals surface area contributed by atoms with Gasteiger partial charge in [-0.25, -0.2) is 4.79 Å². The van der Waals surface area contributed by atoms with E-state index in [0.29, 0.717) is 0 Å². The van der Waals surface area contributed by atoms with Crippen molar-refractivity contribution >= 4 is 11.7 Å². The summed E-state index contributed by atoms with van der Waals surface area (Å²) in [7, 11) is 0. The zero-order valence-electron chi connectivity index (χ0n) is 14.2. The molecule has 0 saturated heterocycles. The highest BCUT2D eigenvalue weighted by Crippen LogP contribution is 2.29. The molecule has 0 fully saturated rings. The van der Waals surface area contributed by atoms with E-state index in [4.69, 9.17) is 4.74 Å². The van der Waals surface area contributed by atoms with Gasteiger partial charge in [0.2, 0.25) is 0 Å². The van der Waals surface area contributed by atoms with Crippen molar-refractivity contribution in [3.8, 4) is 0 Å². The number of carbonyl (C=O) groups is 1. The second-order valence-electron chi connectivity index (χ2n) is 6.92. The van der Waals surface area contributed by atoms with Crippen molar-refractivity contribution in [2.45, 2.75) is 65.5 Å². The molecule has 1 aromatic rings. The molecule has 1 aromatic heterocycles. The van der Waals surface area contributed by atoms with Crippen molar-refractivity contribution in [1.29, 1.82) is 0 Å². The first-order chi connectivity index (χ1) is 10.3. The number of nitrogens with one attached hydrogen (secondary N) is 1. The SMILES string of the molecule is Cc1nccc(C2=CCC(NC(=O)OC(C)(C)C)CC2)c1C. The van der Waals surface area contributed by atoms with Crippen LogP contribution in [0.15, 0.2) is 18.3 Å². The Labute approximate surface area is 133 Å². The van der Waals surface area contributed by atoms with Crippen LogP contribution in [0.1, 0.15) is 56.9 Å². The van der Waals surface area contributed by atoms with Crippen molar-refractivity contribution in [3.63, 3.8) is 0 Å². The zero-order valence-corrected chi connectivity index (χ0v) is 14.2. The highest BCUT2D eigenvalue weighted by molar-refractivity contribution is 5.71. The molecule has 0 aromatic carbocycles. The van der Waals surface area contributed by atoms with Crippen LogP contribution in [0.25, 0.3) is 5.57 Å². The van der Waals surface area contributed by atoms with Crippen molar-refractivity contribution in [2.75, 3.05) is 0 Å². The molecular formula is C18H26N2O2. The molecule has 1 unspecified atom stereocenters. The van der Waals surface area contributed by atoms with Gasteiger partial charge in [0, 0.05) is 17.9 Å². The molecule has 0 radical (unpaired) electrons. The Balaban J connectivity index is 1.98. The monoisotopic (exact) mass is 302 g/mol. The fraction of sp³-hybridized carbons (Fsp3) is 0.556. The van der Waals surface area contributed by atoms with Crippen molar-refractivity contribution in [1.82, 2.24) is 10.3 Å². The summed E-state index contributed by atoms with van der Waals surface area (Å²) >= 11 is 0. The Morgan fingerprint density at radius 3 is 2.68 bits per heavy atom. The lowest BCUT2D eigenvalue weighted by Crippen LogP contribution is -2.39. The molecule has 0 bridgehead atoms.